The maximum absolute atomic E-state index is 5.26. The van der Waals surface area contributed by atoms with E-state index >= 15 is 0 Å². The Morgan fingerprint density at radius 1 is 1.17 bits per heavy atom. The largest absolute Gasteiger partial charge is 0.496 e. The van der Waals surface area contributed by atoms with Gasteiger partial charge in [-0.15, -0.1) is 0 Å². The zero-order valence-electron chi connectivity index (χ0n) is 9.66. The lowest BCUT2D eigenvalue weighted by Crippen LogP contribution is -1.88. The first-order chi connectivity index (χ1) is 8.88. The van der Waals surface area contributed by atoms with Crippen LogP contribution in [0.1, 0.15) is 0 Å². The molecule has 0 bridgehead atoms. The number of para-hydroxylation sites is 1. The molecule has 3 aromatic rings. The van der Waals surface area contributed by atoms with Gasteiger partial charge in [0.1, 0.15) is 12.0 Å². The summed E-state index contributed by atoms with van der Waals surface area (Å²) >= 11 is 0. The van der Waals surface area contributed by atoms with E-state index in [1.54, 1.807) is 25.7 Å². The predicted molar refractivity (Wildman–Crippen MR) is 64.0 cm³/mol. The fraction of sp³-hybridized carbons (Fsp3) is 0.0769. The summed E-state index contributed by atoms with van der Waals surface area (Å²) in [6.45, 7) is 0. The number of hydrogen-bond donors (Lipinski definition) is 0. The smallest absolute Gasteiger partial charge is 0.261 e. The van der Waals surface area contributed by atoms with Crippen molar-refractivity contribution in [1.29, 1.82) is 0 Å². The summed E-state index contributed by atoms with van der Waals surface area (Å²) in [4.78, 5) is 4.31. The van der Waals surface area contributed by atoms with Crippen molar-refractivity contribution in [3.05, 3.63) is 42.9 Å². The number of ether oxygens (including phenoxy) is 1. The number of furan rings is 1. The molecule has 5 nitrogen and oxygen atoms in total. The molecule has 0 radical (unpaired) electrons. The number of hydrogen-bond acceptors (Lipinski definition) is 5. The van der Waals surface area contributed by atoms with Crippen molar-refractivity contribution in [3.63, 3.8) is 0 Å². The van der Waals surface area contributed by atoms with Crippen LogP contribution in [0.5, 0.6) is 5.75 Å². The standard InChI is InChI=1S/C13H10N2O3/c1-16-11-5-3-2-4-10(11)12-14-13(18-15-12)9-6-7-17-8-9/h2-8H,1H3. The average molecular weight is 242 g/mol. The molecule has 18 heavy (non-hydrogen) atoms. The average Bonchev–Trinajstić information content (AvgIpc) is 3.09. The van der Waals surface area contributed by atoms with Crippen LogP contribution in [0.2, 0.25) is 0 Å². The van der Waals surface area contributed by atoms with Gasteiger partial charge in [0.2, 0.25) is 5.82 Å². The third kappa shape index (κ3) is 1.75. The van der Waals surface area contributed by atoms with E-state index in [2.05, 4.69) is 10.1 Å². The van der Waals surface area contributed by atoms with Crippen LogP contribution in [0.4, 0.5) is 0 Å². The molecule has 0 saturated carbocycles. The summed E-state index contributed by atoms with van der Waals surface area (Å²) in [5.41, 5.74) is 1.54. The lowest BCUT2D eigenvalue weighted by molar-refractivity contribution is 0.413. The van der Waals surface area contributed by atoms with Crippen molar-refractivity contribution in [3.8, 4) is 28.6 Å². The van der Waals surface area contributed by atoms with E-state index in [1.807, 2.05) is 24.3 Å². The number of methoxy groups -OCH3 is 1. The minimum absolute atomic E-state index is 0.421. The number of nitrogens with zero attached hydrogens (tertiary/aromatic N) is 2. The summed E-state index contributed by atoms with van der Waals surface area (Å²) in [6.07, 6.45) is 3.11. The maximum atomic E-state index is 5.26. The van der Waals surface area contributed by atoms with E-state index in [4.69, 9.17) is 13.7 Å². The van der Waals surface area contributed by atoms with E-state index < -0.39 is 0 Å². The Balaban J connectivity index is 2.03. The minimum atomic E-state index is 0.421. The molecule has 90 valence electrons. The van der Waals surface area contributed by atoms with Crippen molar-refractivity contribution in [2.45, 2.75) is 0 Å². The molecular formula is C13H10N2O3. The Labute approximate surface area is 103 Å². The quantitative estimate of drug-likeness (QED) is 0.706. The monoisotopic (exact) mass is 242 g/mol. The third-order valence-corrected chi connectivity index (χ3v) is 2.54. The van der Waals surface area contributed by atoms with E-state index in [9.17, 15) is 0 Å². The van der Waals surface area contributed by atoms with Crippen LogP contribution in [-0.4, -0.2) is 17.3 Å². The summed E-state index contributed by atoms with van der Waals surface area (Å²) in [5.74, 6) is 1.62. The van der Waals surface area contributed by atoms with Crippen molar-refractivity contribution < 1.29 is 13.7 Å². The lowest BCUT2D eigenvalue weighted by atomic mass is 10.2. The second-order valence-electron chi connectivity index (χ2n) is 3.64. The Bertz CT molecular complexity index is 644. The van der Waals surface area contributed by atoms with Gasteiger partial charge in [0, 0.05) is 0 Å². The van der Waals surface area contributed by atoms with Gasteiger partial charge in [0.05, 0.1) is 24.5 Å². The Morgan fingerprint density at radius 2 is 2.06 bits per heavy atom. The van der Waals surface area contributed by atoms with Crippen molar-refractivity contribution in [2.24, 2.45) is 0 Å². The van der Waals surface area contributed by atoms with Gasteiger partial charge in [-0.1, -0.05) is 17.3 Å². The van der Waals surface area contributed by atoms with Crippen LogP contribution in [0.3, 0.4) is 0 Å². The van der Waals surface area contributed by atoms with Crippen LogP contribution in [0.15, 0.2) is 51.8 Å². The van der Waals surface area contributed by atoms with Crippen molar-refractivity contribution in [1.82, 2.24) is 10.1 Å². The second-order valence-corrected chi connectivity index (χ2v) is 3.64. The van der Waals surface area contributed by atoms with Crippen molar-refractivity contribution >= 4 is 0 Å². The fourth-order valence-electron chi connectivity index (χ4n) is 1.67. The predicted octanol–water partition coefficient (Wildman–Crippen LogP) is 3.01. The van der Waals surface area contributed by atoms with E-state index in [1.165, 1.54) is 0 Å². The van der Waals surface area contributed by atoms with Crippen molar-refractivity contribution in [2.75, 3.05) is 7.11 Å². The van der Waals surface area contributed by atoms with E-state index in [-0.39, 0.29) is 0 Å². The van der Waals surface area contributed by atoms with Crippen LogP contribution in [-0.2, 0) is 0 Å². The second kappa shape index (κ2) is 4.37. The molecule has 0 amide bonds. The molecule has 1 aromatic carbocycles. The molecule has 2 heterocycles. The first-order valence-electron chi connectivity index (χ1n) is 5.38. The van der Waals surface area contributed by atoms with Crippen LogP contribution < -0.4 is 4.74 Å². The highest BCUT2D eigenvalue weighted by Crippen LogP contribution is 2.29. The third-order valence-electron chi connectivity index (χ3n) is 2.54. The zero-order chi connectivity index (χ0) is 12.4. The molecule has 0 saturated heterocycles. The van der Waals surface area contributed by atoms with E-state index in [0.717, 1.165) is 11.1 Å². The molecule has 5 heteroatoms. The normalized spacial score (nSPS) is 10.5. The maximum Gasteiger partial charge on any atom is 0.261 e. The summed E-state index contributed by atoms with van der Waals surface area (Å²) in [6, 6.07) is 9.27. The van der Waals surface area contributed by atoms with Gasteiger partial charge < -0.3 is 13.7 Å². The minimum Gasteiger partial charge on any atom is -0.496 e. The molecule has 0 unspecified atom stereocenters. The Hall–Kier alpha value is -2.56. The zero-order valence-corrected chi connectivity index (χ0v) is 9.66. The highest BCUT2D eigenvalue weighted by Gasteiger charge is 2.14. The molecule has 0 fully saturated rings. The highest BCUT2D eigenvalue weighted by molar-refractivity contribution is 5.65. The molecule has 0 aliphatic carbocycles. The van der Waals surface area contributed by atoms with Crippen LogP contribution in [0, 0.1) is 0 Å². The molecule has 0 atom stereocenters. The van der Waals surface area contributed by atoms with Gasteiger partial charge in [-0.25, -0.2) is 0 Å². The summed E-state index contributed by atoms with van der Waals surface area (Å²) < 4.78 is 15.4. The first-order valence-corrected chi connectivity index (χ1v) is 5.38. The number of rotatable bonds is 3. The highest BCUT2D eigenvalue weighted by atomic mass is 16.5. The SMILES string of the molecule is COc1ccccc1-c1noc(-c2ccoc2)n1. The van der Waals surface area contributed by atoms with Gasteiger partial charge in [-0.2, -0.15) is 4.98 Å². The first kappa shape index (κ1) is 10.6. The number of aromatic nitrogens is 2. The topological polar surface area (TPSA) is 61.3 Å². The van der Waals surface area contributed by atoms with Gasteiger partial charge in [-0.05, 0) is 18.2 Å². The van der Waals surface area contributed by atoms with Gasteiger partial charge >= 0.3 is 0 Å². The summed E-state index contributed by atoms with van der Waals surface area (Å²) in [5, 5.41) is 3.94. The van der Waals surface area contributed by atoms with Crippen LogP contribution >= 0.6 is 0 Å². The Kier molecular flexibility index (Phi) is 2.57. The van der Waals surface area contributed by atoms with Gasteiger partial charge in [0.15, 0.2) is 0 Å². The van der Waals surface area contributed by atoms with E-state index in [0.29, 0.717) is 17.5 Å². The molecule has 0 N–H and O–H groups in total. The molecule has 0 aliphatic rings. The molecule has 0 aliphatic heterocycles. The Morgan fingerprint density at radius 3 is 2.83 bits per heavy atom. The van der Waals surface area contributed by atoms with Crippen LogP contribution in [0.25, 0.3) is 22.8 Å². The molecular weight excluding hydrogens is 232 g/mol. The molecule has 0 spiro atoms. The fourth-order valence-corrected chi connectivity index (χ4v) is 1.67. The number of benzene rings is 1. The van der Waals surface area contributed by atoms with Gasteiger partial charge in [-0.3, -0.25) is 0 Å². The molecule has 3 rings (SSSR count). The van der Waals surface area contributed by atoms with Gasteiger partial charge in [0.25, 0.3) is 5.89 Å². The molecule has 2 aromatic heterocycles. The summed E-state index contributed by atoms with van der Waals surface area (Å²) in [7, 11) is 1.61. The lowest BCUT2D eigenvalue weighted by Gasteiger charge is -2.02.